The van der Waals surface area contributed by atoms with Crippen molar-refractivity contribution < 1.29 is 4.74 Å². The Morgan fingerprint density at radius 2 is 1.73 bits per heavy atom. The van der Waals surface area contributed by atoms with Gasteiger partial charge in [-0.3, -0.25) is 0 Å². The molecule has 0 fully saturated rings. The van der Waals surface area contributed by atoms with Gasteiger partial charge < -0.3 is 10.5 Å². The summed E-state index contributed by atoms with van der Waals surface area (Å²) in [6.45, 7) is 0.321. The molecule has 2 aromatic carbocycles. The number of nitrogens with two attached hydrogens (primary N) is 1. The molecule has 0 amide bonds. The van der Waals surface area contributed by atoms with E-state index in [4.69, 9.17) is 33.7 Å². The summed E-state index contributed by atoms with van der Waals surface area (Å²) < 4.78 is 5.74. The quantitative estimate of drug-likeness (QED) is 0.696. The lowest BCUT2D eigenvalue weighted by Crippen LogP contribution is -1.97. The number of rotatable bonds is 4. The van der Waals surface area contributed by atoms with Crippen LogP contribution in [0.25, 0.3) is 11.3 Å². The fourth-order valence-electron chi connectivity index (χ4n) is 1.97. The largest absolute Gasteiger partial charge is 0.489 e. The van der Waals surface area contributed by atoms with Gasteiger partial charge in [-0.1, -0.05) is 29.3 Å². The van der Waals surface area contributed by atoms with Gasteiger partial charge in [0, 0.05) is 26.6 Å². The van der Waals surface area contributed by atoms with Crippen LogP contribution < -0.4 is 10.5 Å². The number of hydrogen-bond donors (Lipinski definition) is 1. The Hall–Kier alpha value is -1.75. The Kier molecular flexibility index (Phi) is 4.52. The highest BCUT2D eigenvalue weighted by molar-refractivity contribution is 7.13. The fourth-order valence-corrected chi connectivity index (χ4v) is 3.05. The summed E-state index contributed by atoms with van der Waals surface area (Å²) in [6, 6.07) is 13.0. The van der Waals surface area contributed by atoms with E-state index in [1.54, 1.807) is 12.1 Å². The maximum Gasteiger partial charge on any atom is 0.180 e. The third-order valence-electron chi connectivity index (χ3n) is 3.12. The lowest BCUT2D eigenvalue weighted by atomic mass is 10.2. The molecular formula is C16H12Cl2N2OS. The van der Waals surface area contributed by atoms with Crippen LogP contribution >= 0.6 is 34.5 Å². The van der Waals surface area contributed by atoms with Crippen LogP contribution in [0.4, 0.5) is 5.13 Å². The van der Waals surface area contributed by atoms with E-state index in [0.717, 1.165) is 22.6 Å². The second-order valence-electron chi connectivity index (χ2n) is 4.58. The Balaban J connectivity index is 1.71. The molecule has 0 atom stereocenters. The van der Waals surface area contributed by atoms with Crippen LogP contribution in [0, 0.1) is 0 Å². The number of hydrogen-bond acceptors (Lipinski definition) is 4. The normalized spacial score (nSPS) is 10.6. The van der Waals surface area contributed by atoms with E-state index in [1.165, 1.54) is 11.3 Å². The van der Waals surface area contributed by atoms with E-state index in [2.05, 4.69) is 4.98 Å². The van der Waals surface area contributed by atoms with Gasteiger partial charge in [-0.2, -0.15) is 0 Å². The summed E-state index contributed by atoms with van der Waals surface area (Å²) in [7, 11) is 0. The maximum atomic E-state index is 6.12. The second-order valence-corrected chi connectivity index (χ2v) is 6.29. The zero-order valence-corrected chi connectivity index (χ0v) is 13.8. The third kappa shape index (κ3) is 3.35. The van der Waals surface area contributed by atoms with Crippen LogP contribution in [0.5, 0.6) is 5.75 Å². The molecule has 0 radical (unpaired) electrons. The predicted octanol–water partition coefficient (Wildman–Crippen LogP) is 5.28. The molecule has 22 heavy (non-hydrogen) atoms. The number of halogens is 2. The van der Waals surface area contributed by atoms with E-state index >= 15 is 0 Å². The predicted molar refractivity (Wildman–Crippen MR) is 92.8 cm³/mol. The number of nitrogens with zero attached hydrogens (tertiary/aromatic N) is 1. The highest BCUT2D eigenvalue weighted by atomic mass is 35.5. The minimum absolute atomic E-state index is 0.321. The van der Waals surface area contributed by atoms with Crippen molar-refractivity contribution in [2.45, 2.75) is 6.61 Å². The van der Waals surface area contributed by atoms with Crippen molar-refractivity contribution in [3.05, 3.63) is 63.5 Å². The Morgan fingerprint density at radius 1 is 1.05 bits per heavy atom. The van der Waals surface area contributed by atoms with Gasteiger partial charge in [-0.25, -0.2) is 4.98 Å². The van der Waals surface area contributed by atoms with E-state index in [9.17, 15) is 0 Å². The average Bonchev–Trinajstić information content (AvgIpc) is 2.94. The molecule has 0 saturated carbocycles. The van der Waals surface area contributed by atoms with Gasteiger partial charge in [0.05, 0.1) is 5.69 Å². The fraction of sp³-hybridized carbons (Fsp3) is 0.0625. The summed E-state index contributed by atoms with van der Waals surface area (Å²) in [5.41, 5.74) is 8.28. The van der Waals surface area contributed by atoms with Gasteiger partial charge >= 0.3 is 0 Å². The lowest BCUT2D eigenvalue weighted by Gasteiger charge is -2.09. The summed E-state index contributed by atoms with van der Waals surface area (Å²) in [6.07, 6.45) is 0. The molecule has 3 rings (SSSR count). The summed E-state index contributed by atoms with van der Waals surface area (Å²) in [4.78, 5) is 4.25. The minimum atomic E-state index is 0.321. The monoisotopic (exact) mass is 350 g/mol. The standard InChI is InChI=1S/C16H12Cl2N2OS/c17-13-2-1-3-14(18)12(13)8-21-11-6-4-10(5-7-11)15-9-22-16(19)20-15/h1-7,9H,8H2,(H2,19,20). The van der Waals surface area contributed by atoms with Crippen molar-refractivity contribution in [3.63, 3.8) is 0 Å². The molecule has 0 aliphatic rings. The van der Waals surface area contributed by atoms with E-state index in [-0.39, 0.29) is 0 Å². The molecule has 3 nitrogen and oxygen atoms in total. The number of thiazole rings is 1. The van der Waals surface area contributed by atoms with Crippen LogP contribution in [0.2, 0.25) is 10.0 Å². The smallest absolute Gasteiger partial charge is 0.180 e. The SMILES string of the molecule is Nc1nc(-c2ccc(OCc3c(Cl)cccc3Cl)cc2)cs1. The number of benzene rings is 2. The Bertz CT molecular complexity index is 767. The van der Waals surface area contributed by atoms with Gasteiger partial charge in [-0.05, 0) is 36.4 Å². The first-order valence-electron chi connectivity index (χ1n) is 6.50. The maximum absolute atomic E-state index is 6.12. The topological polar surface area (TPSA) is 48.1 Å². The van der Waals surface area contributed by atoms with E-state index in [0.29, 0.717) is 21.8 Å². The number of nitrogen functional groups attached to an aromatic ring is 1. The number of aromatic nitrogens is 1. The van der Waals surface area contributed by atoms with Gasteiger partial charge in [0.2, 0.25) is 0 Å². The summed E-state index contributed by atoms with van der Waals surface area (Å²) in [5.74, 6) is 0.739. The number of anilines is 1. The third-order valence-corrected chi connectivity index (χ3v) is 4.50. The molecule has 0 aliphatic carbocycles. The molecule has 0 bridgehead atoms. The highest BCUT2D eigenvalue weighted by Gasteiger charge is 2.07. The van der Waals surface area contributed by atoms with Crippen molar-refractivity contribution in [2.24, 2.45) is 0 Å². The van der Waals surface area contributed by atoms with Crippen LogP contribution in [0.1, 0.15) is 5.56 Å². The summed E-state index contributed by atoms with van der Waals surface area (Å²) in [5, 5.41) is 3.68. The van der Waals surface area contributed by atoms with Crippen molar-refractivity contribution in [2.75, 3.05) is 5.73 Å². The first-order valence-corrected chi connectivity index (χ1v) is 8.14. The van der Waals surface area contributed by atoms with E-state index in [1.807, 2.05) is 35.7 Å². The molecule has 1 aromatic heterocycles. The first kappa shape index (κ1) is 15.2. The van der Waals surface area contributed by atoms with Gasteiger partial charge in [0.1, 0.15) is 12.4 Å². The Morgan fingerprint density at radius 3 is 2.32 bits per heavy atom. The zero-order chi connectivity index (χ0) is 15.5. The van der Waals surface area contributed by atoms with Crippen molar-refractivity contribution in [3.8, 4) is 17.0 Å². The van der Waals surface area contributed by atoms with Crippen molar-refractivity contribution in [1.29, 1.82) is 0 Å². The van der Waals surface area contributed by atoms with Crippen molar-refractivity contribution in [1.82, 2.24) is 4.98 Å². The second kappa shape index (κ2) is 6.57. The molecule has 0 unspecified atom stereocenters. The minimum Gasteiger partial charge on any atom is -0.489 e. The molecule has 0 saturated heterocycles. The van der Waals surface area contributed by atoms with E-state index < -0.39 is 0 Å². The zero-order valence-electron chi connectivity index (χ0n) is 11.4. The van der Waals surface area contributed by atoms with Gasteiger partial charge in [-0.15, -0.1) is 11.3 Å². The molecule has 1 heterocycles. The molecule has 3 aromatic rings. The van der Waals surface area contributed by atoms with Crippen LogP contribution in [-0.4, -0.2) is 4.98 Å². The molecule has 0 aliphatic heterocycles. The van der Waals surface area contributed by atoms with Crippen LogP contribution in [-0.2, 0) is 6.61 Å². The molecule has 2 N–H and O–H groups in total. The molecule has 6 heteroatoms. The average molecular weight is 351 g/mol. The first-order chi connectivity index (χ1) is 10.6. The van der Waals surface area contributed by atoms with Gasteiger partial charge in [0.15, 0.2) is 5.13 Å². The highest BCUT2D eigenvalue weighted by Crippen LogP contribution is 2.28. The number of ether oxygens (including phenoxy) is 1. The van der Waals surface area contributed by atoms with Crippen molar-refractivity contribution >= 4 is 39.7 Å². The molecule has 112 valence electrons. The Labute approximate surface area is 142 Å². The van der Waals surface area contributed by atoms with Crippen LogP contribution in [0.15, 0.2) is 47.8 Å². The molecular weight excluding hydrogens is 339 g/mol. The summed E-state index contributed by atoms with van der Waals surface area (Å²) >= 11 is 13.7. The lowest BCUT2D eigenvalue weighted by molar-refractivity contribution is 0.306. The van der Waals surface area contributed by atoms with Crippen LogP contribution in [0.3, 0.4) is 0 Å². The van der Waals surface area contributed by atoms with Gasteiger partial charge in [0.25, 0.3) is 0 Å². The molecule has 0 spiro atoms.